The topological polar surface area (TPSA) is 61.4 Å². The van der Waals surface area contributed by atoms with E-state index in [4.69, 9.17) is 0 Å². The molecular formula is C21H25N3O2. The molecule has 0 unspecified atom stereocenters. The molecule has 26 heavy (non-hydrogen) atoms. The molecule has 0 aliphatic carbocycles. The third-order valence-electron chi connectivity index (χ3n) is 4.80. The molecular weight excluding hydrogens is 326 g/mol. The second-order valence-electron chi connectivity index (χ2n) is 7.03. The molecule has 3 rings (SSSR count). The Bertz CT molecular complexity index is 784. The fraction of sp³-hybridized carbons (Fsp3) is 0.333. The predicted molar refractivity (Wildman–Crippen MR) is 103 cm³/mol. The molecule has 5 nitrogen and oxygen atoms in total. The molecule has 0 radical (unpaired) electrons. The number of anilines is 1. The first-order valence-electron chi connectivity index (χ1n) is 8.88. The highest BCUT2D eigenvalue weighted by Crippen LogP contribution is 2.28. The van der Waals surface area contributed by atoms with Crippen molar-refractivity contribution in [2.75, 3.05) is 18.4 Å². The first kappa shape index (κ1) is 18.0. The van der Waals surface area contributed by atoms with Gasteiger partial charge in [-0.3, -0.25) is 4.79 Å². The zero-order valence-electron chi connectivity index (χ0n) is 15.5. The van der Waals surface area contributed by atoms with Gasteiger partial charge >= 0.3 is 6.03 Å². The van der Waals surface area contributed by atoms with E-state index in [2.05, 4.69) is 34.9 Å². The van der Waals surface area contributed by atoms with Crippen molar-refractivity contribution in [2.45, 2.75) is 32.7 Å². The minimum atomic E-state index is -0.140. The van der Waals surface area contributed by atoms with Crippen LogP contribution in [0.15, 0.2) is 48.5 Å². The Labute approximate surface area is 154 Å². The molecule has 1 aliphatic rings. The summed E-state index contributed by atoms with van der Waals surface area (Å²) >= 11 is 0. The average molecular weight is 351 g/mol. The van der Waals surface area contributed by atoms with Gasteiger partial charge in [0.15, 0.2) is 0 Å². The Hall–Kier alpha value is -2.82. The lowest BCUT2D eigenvalue weighted by Gasteiger charge is -2.19. The third kappa shape index (κ3) is 4.23. The lowest BCUT2D eigenvalue weighted by atomic mass is 9.93. The van der Waals surface area contributed by atoms with Crippen LogP contribution in [0.1, 0.15) is 29.5 Å². The van der Waals surface area contributed by atoms with Gasteiger partial charge in [0.25, 0.3) is 0 Å². The summed E-state index contributed by atoms with van der Waals surface area (Å²) in [6.07, 6.45) is 0. The smallest absolute Gasteiger partial charge is 0.321 e. The molecule has 0 bridgehead atoms. The molecule has 136 valence electrons. The van der Waals surface area contributed by atoms with Gasteiger partial charge in [0.1, 0.15) is 0 Å². The van der Waals surface area contributed by atoms with E-state index < -0.39 is 0 Å². The monoisotopic (exact) mass is 351 g/mol. The SMILES string of the molecule is CC(=O)N[C@@H]1CN(C(=O)Nc2ccc(C)cc2)C[C@H]1c1ccc(C)cc1. The average Bonchev–Trinajstić information content (AvgIpc) is 3.01. The van der Waals surface area contributed by atoms with Crippen LogP contribution in [-0.4, -0.2) is 36.0 Å². The second kappa shape index (κ2) is 7.60. The molecule has 2 aromatic rings. The number of benzene rings is 2. The Balaban J connectivity index is 1.74. The Morgan fingerprint density at radius 3 is 2.08 bits per heavy atom. The van der Waals surface area contributed by atoms with Crippen LogP contribution in [0.25, 0.3) is 0 Å². The summed E-state index contributed by atoms with van der Waals surface area (Å²) in [5.74, 6) is 0.0103. The van der Waals surface area contributed by atoms with Crippen molar-refractivity contribution < 1.29 is 9.59 Å². The summed E-state index contributed by atoms with van der Waals surface area (Å²) in [5, 5.41) is 5.94. The minimum absolute atomic E-state index is 0.0760. The van der Waals surface area contributed by atoms with Crippen LogP contribution in [0.5, 0.6) is 0 Å². The van der Waals surface area contributed by atoms with Crippen LogP contribution in [0.4, 0.5) is 10.5 Å². The fourth-order valence-corrected chi connectivity index (χ4v) is 3.37. The number of hydrogen-bond acceptors (Lipinski definition) is 2. The summed E-state index contributed by atoms with van der Waals surface area (Å²) in [6, 6.07) is 15.8. The van der Waals surface area contributed by atoms with Crippen LogP contribution in [0, 0.1) is 13.8 Å². The predicted octanol–water partition coefficient (Wildman–Crippen LogP) is 3.44. The quantitative estimate of drug-likeness (QED) is 0.890. The molecule has 5 heteroatoms. The zero-order chi connectivity index (χ0) is 18.7. The summed E-state index contributed by atoms with van der Waals surface area (Å²) in [7, 11) is 0. The van der Waals surface area contributed by atoms with E-state index in [1.807, 2.05) is 38.1 Å². The maximum absolute atomic E-state index is 12.7. The molecule has 1 heterocycles. The van der Waals surface area contributed by atoms with Crippen molar-refractivity contribution in [3.8, 4) is 0 Å². The largest absolute Gasteiger partial charge is 0.351 e. The van der Waals surface area contributed by atoms with Crippen LogP contribution in [0.3, 0.4) is 0 Å². The highest BCUT2D eigenvalue weighted by molar-refractivity contribution is 5.89. The summed E-state index contributed by atoms with van der Waals surface area (Å²) in [4.78, 5) is 26.0. The van der Waals surface area contributed by atoms with Gasteiger partial charge < -0.3 is 15.5 Å². The first-order valence-corrected chi connectivity index (χ1v) is 8.88. The number of nitrogens with zero attached hydrogens (tertiary/aromatic N) is 1. The van der Waals surface area contributed by atoms with Crippen molar-refractivity contribution in [3.05, 3.63) is 65.2 Å². The third-order valence-corrected chi connectivity index (χ3v) is 4.80. The Morgan fingerprint density at radius 2 is 1.50 bits per heavy atom. The number of rotatable bonds is 3. The zero-order valence-corrected chi connectivity index (χ0v) is 15.5. The van der Waals surface area contributed by atoms with Gasteiger partial charge in [0, 0.05) is 31.6 Å². The van der Waals surface area contributed by atoms with Gasteiger partial charge in [0.05, 0.1) is 6.04 Å². The summed E-state index contributed by atoms with van der Waals surface area (Å²) in [6.45, 7) is 6.64. The van der Waals surface area contributed by atoms with Gasteiger partial charge in [-0.1, -0.05) is 47.5 Å². The van der Waals surface area contributed by atoms with E-state index in [1.165, 1.54) is 12.5 Å². The van der Waals surface area contributed by atoms with E-state index in [-0.39, 0.29) is 23.9 Å². The molecule has 2 atom stereocenters. The fourth-order valence-electron chi connectivity index (χ4n) is 3.37. The highest BCUT2D eigenvalue weighted by Gasteiger charge is 2.36. The normalized spacial score (nSPS) is 19.3. The summed E-state index contributed by atoms with van der Waals surface area (Å²) in [5.41, 5.74) is 4.25. The van der Waals surface area contributed by atoms with Crippen LogP contribution < -0.4 is 10.6 Å². The molecule has 0 aromatic heterocycles. The molecule has 3 amide bonds. The number of hydrogen-bond donors (Lipinski definition) is 2. The maximum Gasteiger partial charge on any atom is 0.321 e. The van der Waals surface area contributed by atoms with Gasteiger partial charge in [-0.25, -0.2) is 4.79 Å². The molecule has 2 N–H and O–H groups in total. The second-order valence-corrected chi connectivity index (χ2v) is 7.03. The van der Waals surface area contributed by atoms with E-state index in [9.17, 15) is 9.59 Å². The van der Waals surface area contributed by atoms with Gasteiger partial charge in [-0.15, -0.1) is 0 Å². The number of amides is 3. The molecule has 0 saturated carbocycles. The number of urea groups is 1. The molecule has 0 spiro atoms. The van der Waals surface area contributed by atoms with Gasteiger partial charge in [-0.05, 0) is 31.5 Å². The van der Waals surface area contributed by atoms with Gasteiger partial charge in [-0.2, -0.15) is 0 Å². The number of aryl methyl sites for hydroxylation is 2. The molecule has 1 saturated heterocycles. The van der Waals surface area contributed by atoms with Crippen LogP contribution >= 0.6 is 0 Å². The van der Waals surface area contributed by atoms with E-state index in [0.717, 1.165) is 16.8 Å². The first-order chi connectivity index (χ1) is 12.4. The molecule has 1 aliphatic heterocycles. The Kier molecular flexibility index (Phi) is 5.26. The lowest BCUT2D eigenvalue weighted by Crippen LogP contribution is -2.40. The van der Waals surface area contributed by atoms with Crippen molar-refractivity contribution in [3.63, 3.8) is 0 Å². The maximum atomic E-state index is 12.7. The number of nitrogens with one attached hydrogen (secondary N) is 2. The lowest BCUT2D eigenvalue weighted by molar-refractivity contribution is -0.119. The number of likely N-dealkylation sites (tertiary alicyclic amines) is 1. The standard InChI is InChI=1S/C21H25N3O2/c1-14-4-8-17(9-5-14)19-12-24(13-20(19)22-16(3)25)21(26)23-18-10-6-15(2)7-11-18/h4-11,19-20H,12-13H2,1-3H3,(H,22,25)(H,23,26)/t19-,20+/m0/s1. The van der Waals surface area contributed by atoms with E-state index in [0.29, 0.717) is 13.1 Å². The summed E-state index contributed by atoms with van der Waals surface area (Å²) < 4.78 is 0. The van der Waals surface area contributed by atoms with Crippen molar-refractivity contribution in [1.82, 2.24) is 10.2 Å². The number of carbonyl (C=O) groups excluding carboxylic acids is 2. The van der Waals surface area contributed by atoms with Gasteiger partial charge in [0.2, 0.25) is 5.91 Å². The Morgan fingerprint density at radius 1 is 0.923 bits per heavy atom. The highest BCUT2D eigenvalue weighted by atomic mass is 16.2. The molecule has 2 aromatic carbocycles. The van der Waals surface area contributed by atoms with Crippen LogP contribution in [0.2, 0.25) is 0 Å². The van der Waals surface area contributed by atoms with Crippen molar-refractivity contribution >= 4 is 17.6 Å². The number of carbonyl (C=O) groups is 2. The van der Waals surface area contributed by atoms with Crippen LogP contribution in [-0.2, 0) is 4.79 Å². The van der Waals surface area contributed by atoms with E-state index >= 15 is 0 Å². The van der Waals surface area contributed by atoms with Crippen molar-refractivity contribution in [2.24, 2.45) is 0 Å². The van der Waals surface area contributed by atoms with Crippen molar-refractivity contribution in [1.29, 1.82) is 0 Å². The minimum Gasteiger partial charge on any atom is -0.351 e. The van der Waals surface area contributed by atoms with E-state index in [1.54, 1.807) is 4.90 Å². The molecule has 1 fully saturated rings.